The summed E-state index contributed by atoms with van der Waals surface area (Å²) in [6.45, 7) is 1.40. The van der Waals surface area contributed by atoms with E-state index in [1.165, 1.54) is 23.2 Å². The van der Waals surface area contributed by atoms with Crippen molar-refractivity contribution in [1.29, 1.82) is 0 Å². The van der Waals surface area contributed by atoms with Gasteiger partial charge in [0.25, 0.3) is 5.91 Å². The van der Waals surface area contributed by atoms with E-state index in [2.05, 4.69) is 5.43 Å². The third-order valence-corrected chi connectivity index (χ3v) is 8.13. The largest absolute Gasteiger partial charge is 0.409 e. The molecule has 0 saturated carbocycles. The van der Waals surface area contributed by atoms with Crippen molar-refractivity contribution in [3.05, 3.63) is 89.0 Å². The average Bonchev–Trinajstić information content (AvgIpc) is 3.39. The first-order valence-corrected chi connectivity index (χ1v) is 14.6. The number of carbonyl (C=O) groups excluding carboxylic acids is 1. The maximum absolute atomic E-state index is 13.8. The van der Waals surface area contributed by atoms with Gasteiger partial charge in [-0.15, -0.1) is 0 Å². The Morgan fingerprint density at radius 3 is 2.40 bits per heavy atom. The molecule has 1 atom stereocenters. The van der Waals surface area contributed by atoms with Gasteiger partial charge in [-0.3, -0.25) is 9.80 Å². The highest BCUT2D eigenvalue weighted by atomic mass is 35.5. The van der Waals surface area contributed by atoms with E-state index in [1.807, 2.05) is 0 Å². The lowest BCUT2D eigenvalue weighted by Gasteiger charge is -2.29. The molecule has 2 aliphatic heterocycles. The maximum atomic E-state index is 13.8. The number of alkyl halides is 3. The second-order valence-electron chi connectivity index (χ2n) is 9.45. The molecule has 0 spiro atoms. The van der Waals surface area contributed by atoms with Crippen LogP contribution < -0.4 is 10.4 Å². The molecule has 12 heteroatoms. The predicted octanol–water partition coefficient (Wildman–Crippen LogP) is 5.18. The number of morpholine rings is 1. The van der Waals surface area contributed by atoms with Crippen molar-refractivity contribution in [2.45, 2.75) is 17.1 Å². The number of ether oxygens (including phenoxy) is 1. The fraction of sp³-hybridized carbons (Fsp3) is 0.250. The molecule has 1 fully saturated rings. The SMILES string of the molecule is CS(=O)(=O)c1cccc(-c2ccc(C3=CC(C(F)(F)F)NN3c3ccccc3Cl)cc2C(=O)N2CCOCC2)c1. The third kappa shape index (κ3) is 5.73. The smallest absolute Gasteiger partial charge is 0.378 e. The number of sulfone groups is 1. The first-order valence-electron chi connectivity index (χ1n) is 12.3. The van der Waals surface area contributed by atoms with E-state index >= 15 is 0 Å². The second-order valence-corrected chi connectivity index (χ2v) is 11.9. The van der Waals surface area contributed by atoms with E-state index < -0.39 is 22.1 Å². The summed E-state index contributed by atoms with van der Waals surface area (Å²) in [4.78, 5) is 15.5. The number of benzene rings is 3. The fourth-order valence-electron chi connectivity index (χ4n) is 4.67. The standard InChI is InChI=1S/C28H25ClF3N3O4S/c1-40(37,38)20-6-4-5-18(15-20)21-10-9-19(16-22(21)27(36)34-11-13-39-14-12-34)25-17-26(28(30,31)32)33-35(25)24-8-3-2-7-23(24)29/h2-10,15-17,26,33H,11-14H2,1H3. The normalized spacial score (nSPS) is 18.1. The Kier molecular flexibility index (Phi) is 7.66. The molecule has 2 heterocycles. The summed E-state index contributed by atoms with van der Waals surface area (Å²) in [6, 6.07) is 15.5. The molecular formula is C28H25ClF3N3O4S. The highest BCUT2D eigenvalue weighted by molar-refractivity contribution is 7.90. The Balaban J connectivity index is 1.66. The number of nitrogens with one attached hydrogen (secondary N) is 1. The monoisotopic (exact) mass is 591 g/mol. The first kappa shape index (κ1) is 28.2. The summed E-state index contributed by atoms with van der Waals surface area (Å²) in [5.41, 5.74) is 4.46. The molecule has 210 valence electrons. The maximum Gasteiger partial charge on any atom is 0.409 e. The van der Waals surface area contributed by atoms with Crippen molar-refractivity contribution in [3.8, 4) is 11.1 Å². The number of hydrogen-bond acceptors (Lipinski definition) is 6. The molecule has 5 rings (SSSR count). The van der Waals surface area contributed by atoms with Crippen LogP contribution in [0.3, 0.4) is 0 Å². The van der Waals surface area contributed by atoms with E-state index in [-0.39, 0.29) is 27.1 Å². The van der Waals surface area contributed by atoms with Crippen LogP contribution in [0.4, 0.5) is 18.9 Å². The van der Waals surface area contributed by atoms with Crippen LogP contribution in [-0.2, 0) is 14.6 Å². The van der Waals surface area contributed by atoms with E-state index in [1.54, 1.807) is 53.4 Å². The Bertz CT molecular complexity index is 1590. The van der Waals surface area contributed by atoms with Gasteiger partial charge in [-0.2, -0.15) is 13.2 Å². The van der Waals surface area contributed by atoms with Gasteiger partial charge in [0.05, 0.1) is 34.5 Å². The molecule has 0 aliphatic carbocycles. The summed E-state index contributed by atoms with van der Waals surface area (Å²) in [5.74, 6) is -0.340. The molecule has 40 heavy (non-hydrogen) atoms. The first-order chi connectivity index (χ1) is 18.9. The van der Waals surface area contributed by atoms with Crippen LogP contribution in [0, 0.1) is 0 Å². The van der Waals surface area contributed by atoms with Gasteiger partial charge < -0.3 is 9.64 Å². The molecular weight excluding hydrogens is 567 g/mol. The molecule has 3 aromatic carbocycles. The summed E-state index contributed by atoms with van der Waals surface area (Å²) >= 11 is 6.35. The van der Waals surface area contributed by atoms with Crippen LogP contribution in [0.5, 0.6) is 0 Å². The van der Waals surface area contributed by atoms with Gasteiger partial charge in [-0.05, 0) is 47.5 Å². The zero-order chi connectivity index (χ0) is 28.7. The van der Waals surface area contributed by atoms with Gasteiger partial charge >= 0.3 is 6.18 Å². The van der Waals surface area contributed by atoms with Crippen LogP contribution >= 0.6 is 11.6 Å². The van der Waals surface area contributed by atoms with Gasteiger partial charge in [0.1, 0.15) is 6.04 Å². The molecule has 0 radical (unpaired) electrons. The Morgan fingerprint density at radius 2 is 1.73 bits per heavy atom. The van der Waals surface area contributed by atoms with Crippen LogP contribution in [0.25, 0.3) is 16.8 Å². The number of rotatable bonds is 5. The summed E-state index contributed by atoms with van der Waals surface area (Å²) in [5, 5.41) is 1.51. The number of carbonyl (C=O) groups is 1. The van der Waals surface area contributed by atoms with Crippen LogP contribution in [0.15, 0.2) is 77.7 Å². The van der Waals surface area contributed by atoms with Gasteiger partial charge in [0.2, 0.25) is 0 Å². The topological polar surface area (TPSA) is 79.0 Å². The molecule has 3 aromatic rings. The summed E-state index contributed by atoms with van der Waals surface area (Å²) in [7, 11) is -3.53. The quantitative estimate of drug-likeness (QED) is 0.441. The van der Waals surface area contributed by atoms with Crippen molar-refractivity contribution in [1.82, 2.24) is 10.3 Å². The number of halogens is 4. The van der Waals surface area contributed by atoms with Crippen LogP contribution in [0.1, 0.15) is 15.9 Å². The van der Waals surface area contributed by atoms with E-state index in [4.69, 9.17) is 16.3 Å². The molecule has 7 nitrogen and oxygen atoms in total. The minimum Gasteiger partial charge on any atom is -0.378 e. The summed E-state index contributed by atoms with van der Waals surface area (Å²) in [6.07, 6.45) is -2.44. The molecule has 0 bridgehead atoms. The van der Waals surface area contributed by atoms with Crippen LogP contribution in [0.2, 0.25) is 5.02 Å². The van der Waals surface area contributed by atoms with Gasteiger partial charge in [-0.1, -0.05) is 48.0 Å². The Morgan fingerprint density at radius 1 is 1.00 bits per heavy atom. The number of anilines is 1. The number of amides is 1. The van der Waals surface area contributed by atoms with Crippen LogP contribution in [-0.4, -0.2) is 64.0 Å². The molecule has 2 aliphatic rings. The van der Waals surface area contributed by atoms with E-state index in [0.29, 0.717) is 48.7 Å². The molecule has 0 aromatic heterocycles. The lowest BCUT2D eigenvalue weighted by Crippen LogP contribution is -2.44. The minimum absolute atomic E-state index is 0.0828. The Hall–Kier alpha value is -3.38. The van der Waals surface area contributed by atoms with E-state index in [0.717, 1.165) is 12.3 Å². The number of hydrogen-bond donors (Lipinski definition) is 1. The zero-order valence-electron chi connectivity index (χ0n) is 21.3. The number of nitrogens with zero attached hydrogens (tertiary/aromatic N) is 2. The van der Waals surface area contributed by atoms with E-state index in [9.17, 15) is 26.4 Å². The molecule has 1 amide bonds. The van der Waals surface area contributed by atoms with Crippen molar-refractivity contribution in [3.63, 3.8) is 0 Å². The van der Waals surface area contributed by atoms with Crippen molar-refractivity contribution < 1.29 is 31.1 Å². The summed E-state index contributed by atoms with van der Waals surface area (Å²) < 4.78 is 71.3. The Labute approximate surface area is 234 Å². The van der Waals surface area contributed by atoms with Gasteiger partial charge in [-0.25, -0.2) is 13.8 Å². The number of hydrazine groups is 1. The number of para-hydroxylation sites is 1. The third-order valence-electron chi connectivity index (χ3n) is 6.70. The predicted molar refractivity (Wildman–Crippen MR) is 147 cm³/mol. The average molecular weight is 592 g/mol. The van der Waals surface area contributed by atoms with Gasteiger partial charge in [0, 0.05) is 30.5 Å². The highest BCUT2D eigenvalue weighted by Crippen LogP contribution is 2.39. The zero-order valence-corrected chi connectivity index (χ0v) is 22.9. The highest BCUT2D eigenvalue weighted by Gasteiger charge is 2.44. The lowest BCUT2D eigenvalue weighted by molar-refractivity contribution is -0.142. The molecule has 1 unspecified atom stereocenters. The molecule has 1 N–H and O–H groups in total. The van der Waals surface area contributed by atoms with Crippen molar-refractivity contribution in [2.24, 2.45) is 0 Å². The van der Waals surface area contributed by atoms with Gasteiger partial charge in [0.15, 0.2) is 9.84 Å². The fourth-order valence-corrected chi connectivity index (χ4v) is 5.55. The van der Waals surface area contributed by atoms with Crippen molar-refractivity contribution >= 4 is 38.7 Å². The van der Waals surface area contributed by atoms with Crippen molar-refractivity contribution in [2.75, 3.05) is 37.6 Å². The second kappa shape index (κ2) is 10.9. The lowest BCUT2D eigenvalue weighted by atomic mass is 9.95. The minimum atomic E-state index is -4.58. The molecule has 1 saturated heterocycles.